The van der Waals surface area contributed by atoms with Crippen LogP contribution in [0, 0.1) is 0 Å². The molecule has 0 radical (unpaired) electrons. The molecule has 1 unspecified atom stereocenters. The Kier molecular flexibility index (Phi) is 15.8. The fraction of sp³-hybridized carbons (Fsp3) is 0.391. The molecule has 62 heavy (non-hydrogen) atoms. The molecule has 16 nitrogen and oxygen atoms in total. The molecule has 1 aliphatic rings. The lowest BCUT2D eigenvalue weighted by Gasteiger charge is -2.33. The van der Waals surface area contributed by atoms with E-state index >= 15 is 0 Å². The maximum Gasteiger partial charge on any atom is 0.317 e. The third kappa shape index (κ3) is 12.0. The average Bonchev–Trinajstić information content (AvgIpc) is 3.24. The van der Waals surface area contributed by atoms with Crippen molar-refractivity contribution in [3.8, 4) is 0 Å². The van der Waals surface area contributed by atoms with Gasteiger partial charge in [0.2, 0.25) is 17.7 Å². The van der Waals surface area contributed by atoms with Crippen LogP contribution < -0.4 is 10.6 Å². The first-order chi connectivity index (χ1) is 29.9. The number of aliphatic carboxylic acids is 3. The Morgan fingerprint density at radius 2 is 1.06 bits per heavy atom. The summed E-state index contributed by atoms with van der Waals surface area (Å²) < 4.78 is 0. The highest BCUT2D eigenvalue weighted by Gasteiger charge is 2.33. The highest BCUT2D eigenvalue weighted by Crippen LogP contribution is 2.39. The van der Waals surface area contributed by atoms with Crippen molar-refractivity contribution in [1.29, 1.82) is 0 Å². The van der Waals surface area contributed by atoms with Crippen molar-refractivity contribution in [3.63, 3.8) is 0 Å². The lowest BCUT2D eigenvalue weighted by Crippen LogP contribution is -2.51. The number of rotatable bonds is 17. The number of carbonyl (C=O) groups excluding carboxylic acids is 3. The molecular weight excluding hydrogens is 795 g/mol. The number of carboxylic acids is 3. The summed E-state index contributed by atoms with van der Waals surface area (Å²) in [5, 5.41) is 40.5. The largest absolute Gasteiger partial charge is 0.480 e. The van der Waals surface area contributed by atoms with Gasteiger partial charge in [-0.15, -0.1) is 0 Å². The average molecular weight is 850 g/mol. The molecule has 6 rings (SSSR count). The van der Waals surface area contributed by atoms with Crippen molar-refractivity contribution in [1.82, 2.24) is 35.1 Å². The molecule has 328 valence electrons. The van der Waals surface area contributed by atoms with E-state index in [-0.39, 0.29) is 97.5 Å². The smallest absolute Gasteiger partial charge is 0.317 e. The van der Waals surface area contributed by atoms with Crippen LogP contribution in [0.3, 0.4) is 0 Å². The molecule has 16 heteroatoms. The molecular formula is C46H55N7O9. The van der Waals surface area contributed by atoms with Gasteiger partial charge in [0.05, 0.1) is 32.7 Å². The minimum atomic E-state index is -1.05. The zero-order valence-electron chi connectivity index (χ0n) is 35.0. The molecule has 5 aromatic carbocycles. The monoisotopic (exact) mass is 849 g/mol. The summed E-state index contributed by atoms with van der Waals surface area (Å²) in [4.78, 5) is 85.9. The Morgan fingerprint density at radius 1 is 0.581 bits per heavy atom. The van der Waals surface area contributed by atoms with Crippen LogP contribution in [0.25, 0.3) is 32.3 Å². The van der Waals surface area contributed by atoms with Crippen LogP contribution in [0.4, 0.5) is 0 Å². The van der Waals surface area contributed by atoms with Crippen LogP contribution >= 0.6 is 0 Å². The van der Waals surface area contributed by atoms with Gasteiger partial charge in [0.25, 0.3) is 0 Å². The SMILES string of the molecule is CCCN(C(=O)CNC(=O)CN1CCN(CC(=O)O)CCN(CC(=O)O)CCN(CC(=O)O)CC1)C(C(=O)NCc1ccccc1)c1ccc2ccc3cccc4ccc1c2c34. The van der Waals surface area contributed by atoms with Gasteiger partial charge in [0.1, 0.15) is 6.04 Å². The Labute approximate surface area is 360 Å². The molecule has 0 bridgehead atoms. The van der Waals surface area contributed by atoms with Gasteiger partial charge < -0.3 is 30.9 Å². The van der Waals surface area contributed by atoms with Crippen molar-refractivity contribution in [2.75, 3.05) is 91.6 Å². The fourth-order valence-corrected chi connectivity index (χ4v) is 8.29. The first-order valence-corrected chi connectivity index (χ1v) is 21.0. The number of amides is 3. The maximum atomic E-state index is 14.5. The molecule has 5 aromatic rings. The van der Waals surface area contributed by atoms with E-state index in [9.17, 15) is 44.1 Å². The van der Waals surface area contributed by atoms with Crippen molar-refractivity contribution in [2.24, 2.45) is 0 Å². The van der Waals surface area contributed by atoms with Crippen LogP contribution in [-0.4, -0.2) is 167 Å². The first-order valence-electron chi connectivity index (χ1n) is 21.0. The van der Waals surface area contributed by atoms with Crippen LogP contribution in [-0.2, 0) is 35.3 Å². The second kappa shape index (κ2) is 21.5. The molecule has 1 fully saturated rings. The Balaban J connectivity index is 1.22. The summed E-state index contributed by atoms with van der Waals surface area (Å²) in [5.74, 6) is -4.44. The highest BCUT2D eigenvalue weighted by atomic mass is 16.4. The Bertz CT molecular complexity index is 2310. The van der Waals surface area contributed by atoms with Crippen LogP contribution in [0.5, 0.6) is 0 Å². The highest BCUT2D eigenvalue weighted by molar-refractivity contribution is 6.24. The van der Waals surface area contributed by atoms with E-state index in [0.29, 0.717) is 12.0 Å². The molecule has 3 amide bonds. The van der Waals surface area contributed by atoms with E-state index < -0.39 is 42.3 Å². The lowest BCUT2D eigenvalue weighted by atomic mass is 9.89. The first kappa shape index (κ1) is 45.3. The summed E-state index contributed by atoms with van der Waals surface area (Å²) in [6.07, 6.45) is 0.537. The zero-order chi connectivity index (χ0) is 44.2. The molecule has 1 aliphatic heterocycles. The predicted molar refractivity (Wildman–Crippen MR) is 235 cm³/mol. The molecule has 5 N–H and O–H groups in total. The quantitative estimate of drug-likeness (QED) is 0.0856. The summed E-state index contributed by atoms with van der Waals surface area (Å²) in [6, 6.07) is 26.7. The van der Waals surface area contributed by atoms with Crippen LogP contribution in [0.15, 0.2) is 84.9 Å². The second-order valence-corrected chi connectivity index (χ2v) is 15.8. The number of carbonyl (C=O) groups is 6. The van der Waals surface area contributed by atoms with E-state index in [2.05, 4.69) is 34.9 Å². The standard InChI is InChI=1S/C46H55N7O9/c1-2-17-53(39(55)27-47-38(54)28-49-18-20-50(29-40(56)57)22-24-52(31-42(60)61)25-23-51(21-19-49)30-41(58)59)45(46(62)48-26-32-7-4-3-5-8-32)37-16-14-35-12-11-33-9-6-10-34-13-15-36(37)44(35)43(33)34/h3-16,45H,2,17-31H2,1H3,(H,47,54)(H,48,62)(H,56,57)(H,58,59)(H,60,61). The van der Waals surface area contributed by atoms with Gasteiger partial charge in [-0.2, -0.15) is 0 Å². The number of benzene rings is 5. The minimum absolute atomic E-state index is 0.163. The number of hydrogen-bond acceptors (Lipinski definition) is 10. The molecule has 0 aromatic heterocycles. The third-order valence-corrected chi connectivity index (χ3v) is 11.3. The number of hydrogen-bond donors (Lipinski definition) is 5. The van der Waals surface area contributed by atoms with Gasteiger partial charge in [-0.05, 0) is 49.9 Å². The molecule has 0 aliphatic carbocycles. The Morgan fingerprint density at radius 3 is 1.58 bits per heavy atom. The minimum Gasteiger partial charge on any atom is -0.480 e. The summed E-state index contributed by atoms with van der Waals surface area (Å²) in [5.41, 5.74) is 1.56. The Hall–Kier alpha value is -6.20. The summed E-state index contributed by atoms with van der Waals surface area (Å²) in [7, 11) is 0. The van der Waals surface area contributed by atoms with Crippen LogP contribution in [0.1, 0.15) is 30.5 Å². The van der Waals surface area contributed by atoms with Gasteiger partial charge in [-0.1, -0.05) is 91.9 Å². The summed E-state index contributed by atoms with van der Waals surface area (Å²) >= 11 is 0. The molecule has 1 atom stereocenters. The van der Waals surface area contributed by atoms with Crippen molar-refractivity contribution < 1.29 is 44.1 Å². The zero-order valence-corrected chi connectivity index (χ0v) is 35.0. The van der Waals surface area contributed by atoms with Gasteiger partial charge in [-0.25, -0.2) is 0 Å². The van der Waals surface area contributed by atoms with E-state index in [0.717, 1.165) is 37.9 Å². The number of nitrogens with zero attached hydrogens (tertiary/aromatic N) is 5. The predicted octanol–water partition coefficient (Wildman–Crippen LogP) is 2.77. The molecule has 0 spiro atoms. The van der Waals surface area contributed by atoms with Crippen molar-refractivity contribution in [2.45, 2.75) is 25.9 Å². The van der Waals surface area contributed by atoms with E-state index in [1.165, 1.54) is 4.90 Å². The summed E-state index contributed by atoms with van der Waals surface area (Å²) in [6.45, 7) is 2.93. The lowest BCUT2D eigenvalue weighted by molar-refractivity contribution is -0.141. The van der Waals surface area contributed by atoms with Gasteiger partial charge in [-0.3, -0.25) is 48.4 Å². The normalized spacial score (nSPS) is 15.8. The number of nitrogens with one attached hydrogen (secondary N) is 2. The van der Waals surface area contributed by atoms with E-state index in [1.807, 2.05) is 67.6 Å². The van der Waals surface area contributed by atoms with Gasteiger partial charge in [0, 0.05) is 65.4 Å². The van der Waals surface area contributed by atoms with Crippen molar-refractivity contribution >= 4 is 67.9 Å². The second-order valence-electron chi connectivity index (χ2n) is 15.8. The van der Waals surface area contributed by atoms with Crippen LogP contribution in [0.2, 0.25) is 0 Å². The molecule has 1 saturated heterocycles. The maximum absolute atomic E-state index is 14.5. The molecule has 0 saturated carbocycles. The van der Waals surface area contributed by atoms with Gasteiger partial charge >= 0.3 is 17.9 Å². The fourth-order valence-electron chi connectivity index (χ4n) is 8.29. The number of carboxylic acid groups (broad SMARTS) is 3. The van der Waals surface area contributed by atoms with Crippen molar-refractivity contribution in [3.05, 3.63) is 96.1 Å². The molecule has 1 heterocycles. The van der Waals surface area contributed by atoms with E-state index in [4.69, 9.17) is 0 Å². The third-order valence-electron chi connectivity index (χ3n) is 11.3. The topological polar surface area (TPSA) is 203 Å². The van der Waals surface area contributed by atoms with Gasteiger partial charge in [0.15, 0.2) is 0 Å². The van der Waals surface area contributed by atoms with E-state index in [1.54, 1.807) is 19.6 Å².